The SMILES string of the molecule is CCCCCCCOc1ccc(-c2cnc(-c3ccc(C[C@H](CC(=O)c4ccc(C(C)(C)C)cc4)C(=O)N[C@@H](CCC(N)=O)C(=O)O)cc3)nc2)cc1. The zero-order valence-electron chi connectivity index (χ0n) is 31.3. The number of nitrogens with two attached hydrogens (primary N) is 1. The molecule has 0 fully saturated rings. The second-order valence-electron chi connectivity index (χ2n) is 14.5. The van der Waals surface area contributed by atoms with Gasteiger partial charge in [0.25, 0.3) is 0 Å². The molecule has 0 radical (unpaired) electrons. The van der Waals surface area contributed by atoms with Gasteiger partial charge in [-0.25, -0.2) is 14.8 Å². The van der Waals surface area contributed by atoms with E-state index in [4.69, 9.17) is 10.5 Å². The fraction of sp³-hybridized carbons (Fsp3) is 0.395. The molecule has 0 spiro atoms. The predicted molar refractivity (Wildman–Crippen MR) is 206 cm³/mol. The third-order valence-corrected chi connectivity index (χ3v) is 9.22. The molecule has 0 unspecified atom stereocenters. The lowest BCUT2D eigenvalue weighted by Crippen LogP contribution is -2.45. The van der Waals surface area contributed by atoms with Crippen LogP contribution in [0.3, 0.4) is 0 Å². The van der Waals surface area contributed by atoms with Gasteiger partial charge in [-0.05, 0) is 53.5 Å². The second kappa shape index (κ2) is 19.5. The summed E-state index contributed by atoms with van der Waals surface area (Å²) in [6.07, 6.45) is 9.19. The average Bonchev–Trinajstić information content (AvgIpc) is 3.14. The summed E-state index contributed by atoms with van der Waals surface area (Å²) in [7, 11) is 0. The fourth-order valence-corrected chi connectivity index (χ4v) is 5.93. The van der Waals surface area contributed by atoms with Gasteiger partial charge in [-0.1, -0.05) is 114 Å². The quantitative estimate of drug-likeness (QED) is 0.0618. The molecule has 2 amide bonds. The Balaban J connectivity index is 1.44. The number of nitrogens with one attached hydrogen (secondary N) is 1. The molecule has 2 atom stereocenters. The Morgan fingerprint density at radius 1 is 0.811 bits per heavy atom. The van der Waals surface area contributed by atoms with Gasteiger partial charge in [-0.2, -0.15) is 0 Å². The Bertz CT molecular complexity index is 1800. The highest BCUT2D eigenvalue weighted by Gasteiger charge is 2.28. The first kappa shape index (κ1) is 40.4. The number of unbranched alkanes of at least 4 members (excludes halogenated alkanes) is 4. The first-order chi connectivity index (χ1) is 25.3. The Labute approximate surface area is 312 Å². The number of rotatable bonds is 20. The molecule has 0 bridgehead atoms. The zero-order chi connectivity index (χ0) is 38.4. The number of hydrogen-bond acceptors (Lipinski definition) is 7. The highest BCUT2D eigenvalue weighted by atomic mass is 16.5. The van der Waals surface area contributed by atoms with Crippen LogP contribution in [0.2, 0.25) is 0 Å². The summed E-state index contributed by atoms with van der Waals surface area (Å²) in [6.45, 7) is 9.17. The topological polar surface area (TPSA) is 162 Å². The van der Waals surface area contributed by atoms with E-state index in [2.05, 4.69) is 43.0 Å². The lowest BCUT2D eigenvalue weighted by molar-refractivity contribution is -0.142. The maximum absolute atomic E-state index is 13.5. The van der Waals surface area contributed by atoms with Crippen LogP contribution in [0, 0.1) is 5.92 Å². The molecule has 4 aromatic rings. The maximum Gasteiger partial charge on any atom is 0.326 e. The molecule has 0 saturated carbocycles. The van der Waals surface area contributed by atoms with Crippen LogP contribution in [0.25, 0.3) is 22.5 Å². The van der Waals surface area contributed by atoms with Crippen molar-refractivity contribution in [3.63, 3.8) is 0 Å². The molecular formula is C43H52N4O6. The van der Waals surface area contributed by atoms with Crippen LogP contribution in [0.4, 0.5) is 0 Å². The molecule has 280 valence electrons. The predicted octanol–water partition coefficient (Wildman–Crippen LogP) is 7.72. The maximum atomic E-state index is 13.5. The molecule has 4 rings (SSSR count). The first-order valence-corrected chi connectivity index (χ1v) is 18.4. The lowest BCUT2D eigenvalue weighted by atomic mass is 9.85. The number of benzene rings is 3. The van der Waals surface area contributed by atoms with Gasteiger partial charge in [0.05, 0.1) is 6.61 Å². The minimum atomic E-state index is -1.32. The molecule has 0 aliphatic heterocycles. The van der Waals surface area contributed by atoms with Crippen LogP contribution in [0.5, 0.6) is 5.75 Å². The number of ketones is 1. The van der Waals surface area contributed by atoms with Gasteiger partial charge in [0, 0.05) is 47.8 Å². The van der Waals surface area contributed by atoms with E-state index >= 15 is 0 Å². The number of hydrogen-bond donors (Lipinski definition) is 3. The van der Waals surface area contributed by atoms with E-state index in [1.54, 1.807) is 24.5 Å². The van der Waals surface area contributed by atoms with Crippen LogP contribution >= 0.6 is 0 Å². The number of carbonyl (C=O) groups excluding carboxylic acids is 3. The number of amides is 2. The summed E-state index contributed by atoms with van der Waals surface area (Å²) in [6, 6.07) is 21.3. The van der Waals surface area contributed by atoms with Gasteiger partial charge in [0.2, 0.25) is 11.8 Å². The van der Waals surface area contributed by atoms with Crippen LogP contribution in [0.15, 0.2) is 85.2 Å². The number of nitrogens with zero attached hydrogens (tertiary/aromatic N) is 2. The van der Waals surface area contributed by atoms with Crippen molar-refractivity contribution in [3.8, 4) is 28.3 Å². The number of primary amides is 1. The summed E-state index contributed by atoms with van der Waals surface area (Å²) in [5.74, 6) is -2.28. The van der Waals surface area contributed by atoms with Crippen molar-refractivity contribution < 1.29 is 29.0 Å². The van der Waals surface area contributed by atoms with Gasteiger partial charge in [0.15, 0.2) is 11.6 Å². The second-order valence-corrected chi connectivity index (χ2v) is 14.5. The van der Waals surface area contributed by atoms with E-state index in [1.165, 1.54) is 25.7 Å². The largest absolute Gasteiger partial charge is 0.494 e. The Morgan fingerprint density at radius 3 is 2.02 bits per heavy atom. The molecule has 0 aliphatic rings. The Kier molecular flexibility index (Phi) is 14.8. The van der Waals surface area contributed by atoms with Crippen LogP contribution < -0.4 is 15.8 Å². The van der Waals surface area contributed by atoms with Crippen LogP contribution in [-0.4, -0.2) is 51.3 Å². The van der Waals surface area contributed by atoms with Crippen LogP contribution in [0.1, 0.15) is 101 Å². The van der Waals surface area contributed by atoms with E-state index in [0.717, 1.165) is 40.0 Å². The molecule has 53 heavy (non-hydrogen) atoms. The molecule has 1 heterocycles. The van der Waals surface area contributed by atoms with Crippen molar-refractivity contribution in [1.82, 2.24) is 15.3 Å². The molecule has 4 N–H and O–H groups in total. The molecule has 0 aliphatic carbocycles. The monoisotopic (exact) mass is 720 g/mol. The summed E-state index contributed by atoms with van der Waals surface area (Å²) in [5.41, 5.74) is 10.1. The van der Waals surface area contributed by atoms with Crippen molar-refractivity contribution in [2.24, 2.45) is 11.7 Å². The summed E-state index contributed by atoms with van der Waals surface area (Å²) in [5, 5.41) is 12.2. The number of carboxylic acid groups (broad SMARTS) is 1. The number of Topliss-reactive ketones (excluding diaryl/α,β-unsaturated/α-hetero) is 1. The van der Waals surface area contributed by atoms with Crippen molar-refractivity contribution in [1.29, 1.82) is 0 Å². The normalized spacial score (nSPS) is 12.5. The van der Waals surface area contributed by atoms with E-state index in [0.29, 0.717) is 18.0 Å². The number of aromatic nitrogens is 2. The highest BCUT2D eigenvalue weighted by molar-refractivity contribution is 5.99. The third-order valence-electron chi connectivity index (χ3n) is 9.22. The lowest BCUT2D eigenvalue weighted by Gasteiger charge is -2.21. The molecular weight excluding hydrogens is 668 g/mol. The number of ether oxygens (including phenoxy) is 1. The van der Waals surface area contributed by atoms with Gasteiger partial charge in [-0.15, -0.1) is 0 Å². The van der Waals surface area contributed by atoms with E-state index in [9.17, 15) is 24.3 Å². The van der Waals surface area contributed by atoms with Crippen molar-refractivity contribution in [2.75, 3.05) is 6.61 Å². The zero-order valence-corrected chi connectivity index (χ0v) is 31.3. The van der Waals surface area contributed by atoms with Crippen molar-refractivity contribution in [2.45, 2.75) is 96.9 Å². The highest BCUT2D eigenvalue weighted by Crippen LogP contribution is 2.26. The summed E-state index contributed by atoms with van der Waals surface area (Å²) < 4.78 is 5.89. The minimum absolute atomic E-state index is 0.0886. The number of carbonyl (C=O) groups is 4. The Morgan fingerprint density at radius 2 is 1.43 bits per heavy atom. The summed E-state index contributed by atoms with van der Waals surface area (Å²) >= 11 is 0. The van der Waals surface area contributed by atoms with Crippen molar-refractivity contribution >= 4 is 23.6 Å². The average molecular weight is 721 g/mol. The molecule has 1 aromatic heterocycles. The van der Waals surface area contributed by atoms with E-state index < -0.39 is 29.7 Å². The van der Waals surface area contributed by atoms with E-state index in [-0.39, 0.29) is 36.9 Å². The smallest absolute Gasteiger partial charge is 0.326 e. The fourth-order valence-electron chi connectivity index (χ4n) is 5.93. The third kappa shape index (κ3) is 12.7. The first-order valence-electron chi connectivity index (χ1n) is 18.4. The van der Waals surface area contributed by atoms with Gasteiger partial charge >= 0.3 is 5.97 Å². The van der Waals surface area contributed by atoms with Gasteiger partial charge in [-0.3, -0.25) is 14.4 Å². The number of carboxylic acids is 1. The van der Waals surface area contributed by atoms with Gasteiger partial charge in [0.1, 0.15) is 11.8 Å². The molecule has 0 saturated heterocycles. The molecule has 10 nitrogen and oxygen atoms in total. The number of aliphatic carboxylic acids is 1. The molecule has 10 heteroatoms. The minimum Gasteiger partial charge on any atom is -0.494 e. The summed E-state index contributed by atoms with van der Waals surface area (Å²) in [4.78, 5) is 59.3. The Hall–Kier alpha value is -5.38. The van der Waals surface area contributed by atoms with E-state index in [1.807, 2.05) is 60.7 Å². The standard InChI is InChI=1S/C43H52N4O6/c1-5-6-7-8-9-24-53-36-20-16-30(17-21-36)34-27-45-40(46-28-34)32-12-10-29(11-13-32)25-33(41(50)47-37(42(51)52)22-23-39(44)49)26-38(48)31-14-18-35(19-15-31)43(2,3)4/h10-21,27-28,33,37H,5-9,22-26H2,1-4H3,(H2,44,49)(H,47,50)(H,51,52)/t33-,37+/m1/s1. The van der Waals surface area contributed by atoms with Crippen molar-refractivity contribution in [3.05, 3.63) is 102 Å². The molecule has 3 aromatic carbocycles. The van der Waals surface area contributed by atoms with Gasteiger partial charge < -0.3 is 20.9 Å². The van der Waals surface area contributed by atoms with Crippen LogP contribution in [-0.2, 0) is 26.2 Å².